The van der Waals surface area contributed by atoms with Gasteiger partial charge in [0.25, 0.3) is 0 Å². The van der Waals surface area contributed by atoms with Crippen molar-refractivity contribution in [1.82, 2.24) is 4.72 Å². The number of hydrogen-bond donors (Lipinski definition) is 2. The summed E-state index contributed by atoms with van der Waals surface area (Å²) in [6.07, 6.45) is 0. The van der Waals surface area contributed by atoms with E-state index in [-0.39, 0.29) is 24.0 Å². The van der Waals surface area contributed by atoms with Gasteiger partial charge in [0.05, 0.1) is 4.90 Å². The van der Waals surface area contributed by atoms with Crippen molar-refractivity contribution >= 4 is 21.6 Å². The van der Waals surface area contributed by atoms with Crippen LogP contribution in [0.4, 0.5) is 0 Å². The molecular formula is C10H14ClNO3S. The molecule has 1 atom stereocenters. The van der Waals surface area contributed by atoms with Crippen molar-refractivity contribution in [2.24, 2.45) is 5.92 Å². The van der Waals surface area contributed by atoms with Gasteiger partial charge < -0.3 is 5.11 Å². The Morgan fingerprint density at radius 1 is 1.50 bits per heavy atom. The van der Waals surface area contributed by atoms with Crippen molar-refractivity contribution in [3.8, 4) is 0 Å². The van der Waals surface area contributed by atoms with Gasteiger partial charge in [-0.1, -0.05) is 24.6 Å². The summed E-state index contributed by atoms with van der Waals surface area (Å²) in [5.74, 6) is -0.117. The lowest BCUT2D eigenvalue weighted by atomic mass is 10.2. The van der Waals surface area contributed by atoms with Gasteiger partial charge in [0.15, 0.2) is 0 Å². The van der Waals surface area contributed by atoms with E-state index in [0.29, 0.717) is 5.02 Å². The van der Waals surface area contributed by atoms with E-state index in [1.807, 2.05) is 0 Å². The Morgan fingerprint density at radius 3 is 2.75 bits per heavy atom. The van der Waals surface area contributed by atoms with Crippen LogP contribution in [0.2, 0.25) is 5.02 Å². The van der Waals surface area contributed by atoms with Crippen molar-refractivity contribution in [2.45, 2.75) is 11.8 Å². The molecule has 1 rings (SSSR count). The van der Waals surface area contributed by atoms with E-state index in [0.717, 1.165) is 0 Å². The van der Waals surface area contributed by atoms with E-state index < -0.39 is 10.0 Å². The predicted molar refractivity (Wildman–Crippen MR) is 62.9 cm³/mol. The second-order valence-electron chi connectivity index (χ2n) is 3.60. The van der Waals surface area contributed by atoms with Crippen molar-refractivity contribution in [2.75, 3.05) is 13.2 Å². The number of sulfonamides is 1. The second-order valence-corrected chi connectivity index (χ2v) is 5.80. The summed E-state index contributed by atoms with van der Waals surface area (Å²) in [6.45, 7) is 1.89. The molecule has 1 aromatic carbocycles. The SMILES string of the molecule is CC(CO)CNS(=O)(=O)c1cccc(Cl)c1. The third-order valence-electron chi connectivity index (χ3n) is 2.04. The standard InChI is InChI=1S/C10H14ClNO3S/c1-8(7-13)6-12-16(14,15)10-4-2-3-9(11)5-10/h2-5,8,12-13H,6-7H2,1H3. The molecule has 0 amide bonds. The largest absolute Gasteiger partial charge is 0.396 e. The summed E-state index contributed by atoms with van der Waals surface area (Å²) < 4.78 is 25.9. The minimum atomic E-state index is -3.53. The maximum Gasteiger partial charge on any atom is 0.240 e. The van der Waals surface area contributed by atoms with Gasteiger partial charge in [-0.2, -0.15) is 0 Å². The average Bonchev–Trinajstić information content (AvgIpc) is 2.26. The van der Waals surface area contributed by atoms with Gasteiger partial charge in [0, 0.05) is 18.2 Å². The van der Waals surface area contributed by atoms with E-state index in [1.54, 1.807) is 19.1 Å². The number of halogens is 1. The first kappa shape index (κ1) is 13.4. The van der Waals surface area contributed by atoms with Crippen molar-refractivity contribution in [1.29, 1.82) is 0 Å². The summed E-state index contributed by atoms with van der Waals surface area (Å²) in [5, 5.41) is 9.16. The van der Waals surface area contributed by atoms with Gasteiger partial charge in [0.2, 0.25) is 10.0 Å². The third-order valence-corrected chi connectivity index (χ3v) is 3.70. The molecule has 0 saturated carbocycles. The van der Waals surface area contributed by atoms with Gasteiger partial charge in [-0.15, -0.1) is 0 Å². The summed E-state index contributed by atoms with van der Waals surface area (Å²) in [6, 6.07) is 6.04. The second kappa shape index (κ2) is 5.63. The van der Waals surface area contributed by atoms with Gasteiger partial charge in [-0.3, -0.25) is 0 Å². The number of benzene rings is 1. The van der Waals surface area contributed by atoms with Crippen LogP contribution in [0.5, 0.6) is 0 Å². The molecule has 0 fully saturated rings. The van der Waals surface area contributed by atoms with Gasteiger partial charge >= 0.3 is 0 Å². The maximum absolute atomic E-state index is 11.8. The fourth-order valence-electron chi connectivity index (χ4n) is 1.03. The number of aliphatic hydroxyl groups excluding tert-OH is 1. The Balaban J connectivity index is 2.78. The summed E-state index contributed by atoms with van der Waals surface area (Å²) >= 11 is 5.71. The highest BCUT2D eigenvalue weighted by Crippen LogP contribution is 2.15. The quantitative estimate of drug-likeness (QED) is 0.840. The van der Waals surface area contributed by atoms with Crippen LogP contribution in [0.25, 0.3) is 0 Å². The fraction of sp³-hybridized carbons (Fsp3) is 0.400. The van der Waals surface area contributed by atoms with E-state index in [2.05, 4.69) is 4.72 Å². The molecule has 0 aliphatic carbocycles. The highest BCUT2D eigenvalue weighted by atomic mass is 35.5. The molecule has 0 saturated heterocycles. The van der Waals surface area contributed by atoms with Crippen LogP contribution in [0.15, 0.2) is 29.2 Å². The molecule has 2 N–H and O–H groups in total. The average molecular weight is 264 g/mol. The van der Waals surface area contributed by atoms with Crippen LogP contribution >= 0.6 is 11.6 Å². The topological polar surface area (TPSA) is 66.4 Å². The Labute approximate surface area is 100 Å². The molecular weight excluding hydrogens is 250 g/mol. The molecule has 0 heterocycles. The third kappa shape index (κ3) is 3.75. The molecule has 4 nitrogen and oxygen atoms in total. The highest BCUT2D eigenvalue weighted by molar-refractivity contribution is 7.89. The van der Waals surface area contributed by atoms with Gasteiger partial charge in [-0.25, -0.2) is 13.1 Å². The predicted octanol–water partition coefficient (Wildman–Crippen LogP) is 1.25. The Hall–Kier alpha value is -0.620. The maximum atomic E-state index is 11.8. The molecule has 1 unspecified atom stereocenters. The van der Waals surface area contributed by atoms with Gasteiger partial charge in [0.1, 0.15) is 0 Å². The van der Waals surface area contributed by atoms with Crippen LogP contribution < -0.4 is 4.72 Å². The molecule has 16 heavy (non-hydrogen) atoms. The monoisotopic (exact) mass is 263 g/mol. The van der Waals surface area contributed by atoms with E-state index in [9.17, 15) is 8.42 Å². The van der Waals surface area contributed by atoms with Crippen molar-refractivity contribution < 1.29 is 13.5 Å². The number of hydrogen-bond acceptors (Lipinski definition) is 3. The van der Waals surface area contributed by atoms with Crippen LogP contribution in [0, 0.1) is 5.92 Å². The zero-order chi connectivity index (χ0) is 12.2. The summed E-state index contributed by atoms with van der Waals surface area (Å²) in [5.41, 5.74) is 0. The zero-order valence-corrected chi connectivity index (χ0v) is 10.4. The lowest BCUT2D eigenvalue weighted by Gasteiger charge is -2.10. The molecule has 0 radical (unpaired) electrons. The van der Waals surface area contributed by atoms with Crippen molar-refractivity contribution in [3.05, 3.63) is 29.3 Å². The molecule has 0 bridgehead atoms. The molecule has 90 valence electrons. The first-order valence-electron chi connectivity index (χ1n) is 4.82. The van der Waals surface area contributed by atoms with E-state index in [4.69, 9.17) is 16.7 Å². The minimum Gasteiger partial charge on any atom is -0.396 e. The fourth-order valence-corrected chi connectivity index (χ4v) is 2.50. The molecule has 6 heteroatoms. The van der Waals surface area contributed by atoms with Crippen LogP contribution in [-0.2, 0) is 10.0 Å². The first-order valence-corrected chi connectivity index (χ1v) is 6.68. The molecule has 0 aromatic heterocycles. The molecule has 1 aromatic rings. The molecule has 0 spiro atoms. The van der Waals surface area contributed by atoms with Gasteiger partial charge in [-0.05, 0) is 24.1 Å². The summed E-state index contributed by atoms with van der Waals surface area (Å²) in [7, 11) is -3.53. The van der Waals surface area contributed by atoms with E-state index >= 15 is 0 Å². The minimum absolute atomic E-state index is 0.0575. The molecule has 0 aliphatic rings. The van der Waals surface area contributed by atoms with Crippen LogP contribution in [0.1, 0.15) is 6.92 Å². The lowest BCUT2D eigenvalue weighted by molar-refractivity contribution is 0.238. The highest BCUT2D eigenvalue weighted by Gasteiger charge is 2.14. The summed E-state index contributed by atoms with van der Waals surface area (Å²) in [4.78, 5) is 0.130. The van der Waals surface area contributed by atoms with Crippen molar-refractivity contribution in [3.63, 3.8) is 0 Å². The number of rotatable bonds is 5. The van der Waals surface area contributed by atoms with Crippen LogP contribution in [-0.4, -0.2) is 26.7 Å². The van der Waals surface area contributed by atoms with E-state index in [1.165, 1.54) is 12.1 Å². The Morgan fingerprint density at radius 2 is 2.19 bits per heavy atom. The molecule has 0 aliphatic heterocycles. The smallest absolute Gasteiger partial charge is 0.240 e. The Kier molecular flexibility index (Phi) is 4.73. The number of nitrogens with one attached hydrogen (secondary N) is 1. The first-order chi connectivity index (χ1) is 7.45. The number of aliphatic hydroxyl groups is 1. The van der Waals surface area contributed by atoms with Crippen LogP contribution in [0.3, 0.4) is 0 Å². The lowest BCUT2D eigenvalue weighted by Crippen LogP contribution is -2.29. The normalized spacial score (nSPS) is 13.7. The Bertz CT molecular complexity index is 447. The zero-order valence-electron chi connectivity index (χ0n) is 8.85.